The number of hydrogen-bond acceptors (Lipinski definition) is 4. The van der Waals surface area contributed by atoms with Crippen molar-refractivity contribution < 1.29 is 17.6 Å². The zero-order valence-electron chi connectivity index (χ0n) is 14.8. The number of aromatic nitrogens is 1. The molecule has 1 aromatic heterocycles. The lowest BCUT2D eigenvalue weighted by Crippen LogP contribution is -2.25. The molecule has 0 aliphatic heterocycles. The van der Waals surface area contributed by atoms with Gasteiger partial charge in [-0.2, -0.15) is 0 Å². The van der Waals surface area contributed by atoms with Gasteiger partial charge >= 0.3 is 0 Å². The van der Waals surface area contributed by atoms with Crippen LogP contribution in [0.15, 0.2) is 78.0 Å². The van der Waals surface area contributed by atoms with Gasteiger partial charge in [0.15, 0.2) is 0 Å². The second-order valence-corrected chi connectivity index (χ2v) is 7.75. The van der Waals surface area contributed by atoms with Crippen molar-refractivity contribution in [3.8, 4) is 0 Å². The van der Waals surface area contributed by atoms with E-state index in [1.807, 2.05) is 0 Å². The van der Waals surface area contributed by atoms with Crippen LogP contribution in [0, 0.1) is 5.82 Å². The Kier molecular flexibility index (Phi) is 6.13. The highest BCUT2D eigenvalue weighted by Crippen LogP contribution is 2.13. The van der Waals surface area contributed by atoms with Gasteiger partial charge in [-0.3, -0.25) is 9.78 Å². The molecule has 144 valence electrons. The van der Waals surface area contributed by atoms with E-state index in [2.05, 4.69) is 15.0 Å². The first-order valence-electron chi connectivity index (χ1n) is 8.46. The summed E-state index contributed by atoms with van der Waals surface area (Å²) in [5, 5.41) is 2.59. The van der Waals surface area contributed by atoms with E-state index in [0.29, 0.717) is 11.1 Å². The van der Waals surface area contributed by atoms with Gasteiger partial charge < -0.3 is 5.32 Å². The number of amides is 1. The number of sulfonamides is 1. The lowest BCUT2D eigenvalue weighted by atomic mass is 10.2. The molecule has 1 amide bonds. The Morgan fingerprint density at radius 3 is 2.57 bits per heavy atom. The van der Waals surface area contributed by atoms with Crippen LogP contribution < -0.4 is 10.0 Å². The van der Waals surface area contributed by atoms with Crippen LogP contribution in [-0.4, -0.2) is 19.3 Å². The molecule has 0 bridgehead atoms. The minimum Gasteiger partial charge on any atom is -0.348 e. The molecule has 0 saturated carbocycles. The SMILES string of the molecule is O=C(NCc1ccccc1F)c1cccc(S(=O)(=O)NCc2cccnc2)c1. The summed E-state index contributed by atoms with van der Waals surface area (Å²) in [6.07, 6.45) is 3.16. The normalized spacial score (nSPS) is 11.2. The second kappa shape index (κ2) is 8.73. The maximum Gasteiger partial charge on any atom is 0.251 e. The zero-order valence-corrected chi connectivity index (χ0v) is 15.6. The molecule has 3 aromatic rings. The van der Waals surface area contributed by atoms with E-state index in [1.54, 1.807) is 42.7 Å². The van der Waals surface area contributed by atoms with Crippen molar-refractivity contribution in [2.45, 2.75) is 18.0 Å². The molecule has 0 aliphatic rings. The molecule has 2 aromatic carbocycles. The fourth-order valence-corrected chi connectivity index (χ4v) is 3.55. The molecule has 0 radical (unpaired) electrons. The summed E-state index contributed by atoms with van der Waals surface area (Å²) < 4.78 is 41.1. The number of nitrogens with one attached hydrogen (secondary N) is 2. The van der Waals surface area contributed by atoms with Crippen molar-refractivity contribution in [1.29, 1.82) is 0 Å². The Balaban J connectivity index is 1.68. The molecule has 2 N–H and O–H groups in total. The number of rotatable bonds is 7. The first-order valence-corrected chi connectivity index (χ1v) is 9.94. The molecule has 0 aliphatic carbocycles. The molecule has 0 atom stereocenters. The Bertz CT molecular complexity index is 1070. The molecule has 8 heteroatoms. The zero-order chi connectivity index (χ0) is 20.0. The van der Waals surface area contributed by atoms with Crippen molar-refractivity contribution >= 4 is 15.9 Å². The summed E-state index contributed by atoms with van der Waals surface area (Å²) in [7, 11) is -3.81. The van der Waals surface area contributed by atoms with E-state index < -0.39 is 21.7 Å². The first-order chi connectivity index (χ1) is 13.5. The Hall–Kier alpha value is -3.10. The Morgan fingerprint density at radius 1 is 1.00 bits per heavy atom. The van der Waals surface area contributed by atoms with Gasteiger partial charge in [0.25, 0.3) is 5.91 Å². The van der Waals surface area contributed by atoms with E-state index >= 15 is 0 Å². The van der Waals surface area contributed by atoms with Crippen LogP contribution in [0.2, 0.25) is 0 Å². The van der Waals surface area contributed by atoms with Gasteiger partial charge in [-0.1, -0.05) is 30.3 Å². The third-order valence-electron chi connectivity index (χ3n) is 3.99. The summed E-state index contributed by atoms with van der Waals surface area (Å²) >= 11 is 0. The van der Waals surface area contributed by atoms with Crippen molar-refractivity contribution in [2.75, 3.05) is 0 Å². The van der Waals surface area contributed by atoms with Gasteiger partial charge in [-0.25, -0.2) is 17.5 Å². The second-order valence-electron chi connectivity index (χ2n) is 5.99. The summed E-state index contributed by atoms with van der Waals surface area (Å²) in [5.74, 6) is -0.911. The third kappa shape index (κ3) is 4.99. The minimum atomic E-state index is -3.81. The average molecular weight is 399 g/mol. The summed E-state index contributed by atoms with van der Waals surface area (Å²) in [5.41, 5.74) is 1.23. The average Bonchev–Trinajstić information content (AvgIpc) is 2.72. The van der Waals surface area contributed by atoms with Gasteiger partial charge in [0, 0.05) is 36.6 Å². The molecule has 6 nitrogen and oxygen atoms in total. The molecular formula is C20H18FN3O3S. The third-order valence-corrected chi connectivity index (χ3v) is 5.39. The monoisotopic (exact) mass is 399 g/mol. The topological polar surface area (TPSA) is 88.2 Å². The van der Waals surface area contributed by atoms with Gasteiger partial charge in [0.05, 0.1) is 4.90 Å². The molecule has 0 saturated heterocycles. The molecule has 0 spiro atoms. The van der Waals surface area contributed by atoms with Gasteiger partial charge in [0.2, 0.25) is 10.0 Å². The maximum atomic E-state index is 13.6. The van der Waals surface area contributed by atoms with Gasteiger partial charge in [-0.15, -0.1) is 0 Å². The Morgan fingerprint density at radius 2 is 1.82 bits per heavy atom. The quantitative estimate of drug-likeness (QED) is 0.639. The van der Waals surface area contributed by atoms with Crippen molar-refractivity contribution in [1.82, 2.24) is 15.0 Å². The van der Waals surface area contributed by atoms with Gasteiger partial charge in [0.1, 0.15) is 5.82 Å². The standard InChI is InChI=1S/C20H18FN3O3S/c21-19-9-2-1-6-17(19)14-23-20(25)16-7-3-8-18(11-16)28(26,27)24-13-15-5-4-10-22-12-15/h1-12,24H,13-14H2,(H,23,25). The summed E-state index contributed by atoms with van der Waals surface area (Å²) in [6, 6.07) is 15.2. The summed E-state index contributed by atoms with van der Waals surface area (Å²) in [4.78, 5) is 16.2. The molecule has 3 rings (SSSR count). The number of carbonyl (C=O) groups is 1. The van der Waals surface area contributed by atoms with Crippen LogP contribution >= 0.6 is 0 Å². The summed E-state index contributed by atoms with van der Waals surface area (Å²) in [6.45, 7) is 0.0849. The molecule has 1 heterocycles. The molecule has 0 fully saturated rings. The predicted molar refractivity (Wildman–Crippen MR) is 102 cm³/mol. The van der Waals surface area contributed by atoms with E-state index in [0.717, 1.165) is 0 Å². The Labute approximate surface area is 162 Å². The predicted octanol–water partition coefficient (Wildman–Crippen LogP) is 2.63. The minimum absolute atomic E-state index is 0.00173. The van der Waals surface area contributed by atoms with Crippen LogP contribution in [0.25, 0.3) is 0 Å². The van der Waals surface area contributed by atoms with Crippen molar-refractivity contribution in [3.05, 3.63) is 95.6 Å². The molecule has 28 heavy (non-hydrogen) atoms. The number of halogens is 1. The van der Waals surface area contributed by atoms with Crippen molar-refractivity contribution in [3.63, 3.8) is 0 Å². The maximum absolute atomic E-state index is 13.6. The number of nitrogens with zero attached hydrogens (tertiary/aromatic N) is 1. The van der Waals surface area contributed by atoms with E-state index in [4.69, 9.17) is 0 Å². The number of benzene rings is 2. The highest BCUT2D eigenvalue weighted by molar-refractivity contribution is 7.89. The number of carbonyl (C=O) groups excluding carboxylic acids is 1. The van der Waals surface area contributed by atoms with Crippen LogP contribution in [0.4, 0.5) is 4.39 Å². The van der Waals surface area contributed by atoms with Crippen LogP contribution in [0.1, 0.15) is 21.5 Å². The van der Waals surface area contributed by atoms with Gasteiger partial charge in [-0.05, 0) is 35.9 Å². The molecular weight excluding hydrogens is 381 g/mol. The smallest absolute Gasteiger partial charge is 0.251 e. The molecule has 0 unspecified atom stereocenters. The fraction of sp³-hybridized carbons (Fsp3) is 0.100. The lowest BCUT2D eigenvalue weighted by molar-refractivity contribution is 0.0950. The number of pyridine rings is 1. The largest absolute Gasteiger partial charge is 0.348 e. The highest BCUT2D eigenvalue weighted by atomic mass is 32.2. The van der Waals surface area contributed by atoms with Crippen LogP contribution in [-0.2, 0) is 23.1 Å². The number of hydrogen-bond donors (Lipinski definition) is 2. The van der Waals surface area contributed by atoms with E-state index in [1.165, 1.54) is 30.3 Å². The van der Waals surface area contributed by atoms with E-state index in [-0.39, 0.29) is 23.5 Å². The highest BCUT2D eigenvalue weighted by Gasteiger charge is 2.16. The lowest BCUT2D eigenvalue weighted by Gasteiger charge is -2.09. The van der Waals surface area contributed by atoms with E-state index in [9.17, 15) is 17.6 Å². The van der Waals surface area contributed by atoms with Crippen molar-refractivity contribution in [2.24, 2.45) is 0 Å². The fourth-order valence-electron chi connectivity index (χ4n) is 2.49. The van der Waals surface area contributed by atoms with Crippen LogP contribution in [0.5, 0.6) is 0 Å². The van der Waals surface area contributed by atoms with Crippen LogP contribution in [0.3, 0.4) is 0 Å². The first kappa shape index (κ1) is 19.7.